The summed E-state index contributed by atoms with van der Waals surface area (Å²) in [5.74, 6) is 1.69. The van der Waals surface area contributed by atoms with Crippen molar-refractivity contribution in [3.05, 3.63) is 29.8 Å². The van der Waals surface area contributed by atoms with Gasteiger partial charge in [-0.3, -0.25) is 0 Å². The Labute approximate surface area is 128 Å². The Morgan fingerprint density at radius 2 is 2.14 bits per heavy atom. The molecule has 0 radical (unpaired) electrons. The van der Waals surface area contributed by atoms with Crippen LogP contribution in [0.25, 0.3) is 0 Å². The highest BCUT2D eigenvalue weighted by Gasteiger charge is 2.32. The van der Waals surface area contributed by atoms with Gasteiger partial charge in [-0.15, -0.1) is 0 Å². The molecule has 21 heavy (non-hydrogen) atoms. The molecule has 2 fully saturated rings. The van der Waals surface area contributed by atoms with Crippen LogP contribution in [-0.4, -0.2) is 44.7 Å². The van der Waals surface area contributed by atoms with Crippen LogP contribution >= 0.6 is 0 Å². The smallest absolute Gasteiger partial charge is 0.119 e. The standard InChI is InChI=1S/C18H28N2O/c1-18(8-9-19-13-18)14-20-10-6-15(7-11-20)16-4-3-5-17(12-16)21-2/h3-5,12,15,19H,6-11,13-14H2,1-2H3. The number of likely N-dealkylation sites (tertiary alicyclic amines) is 1. The maximum Gasteiger partial charge on any atom is 0.119 e. The number of hydrogen-bond donors (Lipinski definition) is 1. The summed E-state index contributed by atoms with van der Waals surface area (Å²) in [6.45, 7) is 8.53. The molecule has 1 aromatic carbocycles. The van der Waals surface area contributed by atoms with E-state index in [0.717, 1.165) is 5.75 Å². The average Bonchev–Trinajstić information content (AvgIpc) is 2.94. The molecular weight excluding hydrogens is 260 g/mol. The van der Waals surface area contributed by atoms with Gasteiger partial charge in [0.25, 0.3) is 0 Å². The molecule has 0 aromatic heterocycles. The first-order valence-electron chi connectivity index (χ1n) is 8.26. The Kier molecular flexibility index (Phi) is 4.51. The Morgan fingerprint density at radius 3 is 2.81 bits per heavy atom. The zero-order valence-corrected chi connectivity index (χ0v) is 13.4. The van der Waals surface area contributed by atoms with Crippen LogP contribution in [0.2, 0.25) is 0 Å². The molecule has 1 unspecified atom stereocenters. The van der Waals surface area contributed by atoms with Crippen LogP contribution < -0.4 is 10.1 Å². The largest absolute Gasteiger partial charge is 0.497 e. The molecule has 0 bridgehead atoms. The second-order valence-corrected chi connectivity index (χ2v) is 7.06. The molecule has 2 heterocycles. The van der Waals surface area contributed by atoms with E-state index in [1.165, 1.54) is 57.5 Å². The summed E-state index contributed by atoms with van der Waals surface area (Å²) in [7, 11) is 1.75. The molecule has 1 aromatic rings. The van der Waals surface area contributed by atoms with E-state index < -0.39 is 0 Å². The monoisotopic (exact) mass is 288 g/mol. The van der Waals surface area contributed by atoms with E-state index in [4.69, 9.17) is 4.74 Å². The fourth-order valence-corrected chi connectivity index (χ4v) is 3.86. The van der Waals surface area contributed by atoms with Crippen molar-refractivity contribution in [2.75, 3.05) is 39.8 Å². The van der Waals surface area contributed by atoms with Crippen LogP contribution in [0.1, 0.15) is 37.7 Å². The lowest BCUT2D eigenvalue weighted by atomic mass is 9.85. The van der Waals surface area contributed by atoms with E-state index in [9.17, 15) is 0 Å². The molecule has 0 spiro atoms. The highest BCUT2D eigenvalue weighted by atomic mass is 16.5. The van der Waals surface area contributed by atoms with Crippen molar-refractivity contribution in [3.63, 3.8) is 0 Å². The van der Waals surface area contributed by atoms with Gasteiger partial charge >= 0.3 is 0 Å². The third-order valence-corrected chi connectivity index (χ3v) is 5.22. The Morgan fingerprint density at radius 1 is 1.33 bits per heavy atom. The minimum atomic E-state index is 0.489. The summed E-state index contributed by atoms with van der Waals surface area (Å²) < 4.78 is 5.35. The highest BCUT2D eigenvalue weighted by molar-refractivity contribution is 5.31. The minimum absolute atomic E-state index is 0.489. The van der Waals surface area contributed by atoms with E-state index in [1.807, 2.05) is 6.07 Å². The normalized spacial score (nSPS) is 27.9. The van der Waals surface area contributed by atoms with Crippen molar-refractivity contribution in [1.82, 2.24) is 10.2 Å². The molecule has 0 amide bonds. The number of nitrogens with one attached hydrogen (secondary N) is 1. The molecule has 0 aliphatic carbocycles. The van der Waals surface area contributed by atoms with Gasteiger partial charge in [0, 0.05) is 13.1 Å². The average molecular weight is 288 g/mol. The zero-order chi connectivity index (χ0) is 14.7. The van der Waals surface area contributed by atoms with Gasteiger partial charge in [0.1, 0.15) is 5.75 Å². The number of nitrogens with zero attached hydrogens (tertiary/aromatic N) is 1. The number of ether oxygens (including phenoxy) is 1. The summed E-state index contributed by atoms with van der Waals surface area (Å²) >= 11 is 0. The number of rotatable bonds is 4. The second kappa shape index (κ2) is 6.37. The Bertz CT molecular complexity index is 460. The third kappa shape index (κ3) is 3.58. The fourth-order valence-electron chi connectivity index (χ4n) is 3.86. The third-order valence-electron chi connectivity index (χ3n) is 5.22. The molecule has 1 atom stereocenters. The fraction of sp³-hybridized carbons (Fsp3) is 0.667. The van der Waals surface area contributed by atoms with Gasteiger partial charge in [-0.1, -0.05) is 19.1 Å². The molecule has 0 saturated carbocycles. The van der Waals surface area contributed by atoms with Gasteiger partial charge in [0.2, 0.25) is 0 Å². The number of hydrogen-bond acceptors (Lipinski definition) is 3. The molecule has 2 aliphatic heterocycles. The van der Waals surface area contributed by atoms with E-state index in [-0.39, 0.29) is 0 Å². The van der Waals surface area contributed by atoms with E-state index >= 15 is 0 Å². The lowest BCUT2D eigenvalue weighted by molar-refractivity contribution is 0.144. The second-order valence-electron chi connectivity index (χ2n) is 7.06. The predicted octanol–water partition coefficient (Wildman–Crippen LogP) is 2.87. The number of piperidine rings is 1. The van der Waals surface area contributed by atoms with Crippen LogP contribution in [0, 0.1) is 5.41 Å². The molecule has 1 N–H and O–H groups in total. The lowest BCUT2D eigenvalue weighted by Crippen LogP contribution is -2.41. The Hall–Kier alpha value is -1.06. The highest BCUT2D eigenvalue weighted by Crippen LogP contribution is 2.32. The van der Waals surface area contributed by atoms with Gasteiger partial charge < -0.3 is 15.0 Å². The quantitative estimate of drug-likeness (QED) is 0.922. The topological polar surface area (TPSA) is 24.5 Å². The summed E-state index contributed by atoms with van der Waals surface area (Å²) in [5, 5.41) is 3.51. The van der Waals surface area contributed by atoms with Gasteiger partial charge in [-0.25, -0.2) is 0 Å². The van der Waals surface area contributed by atoms with E-state index in [1.54, 1.807) is 7.11 Å². The van der Waals surface area contributed by atoms with Crippen molar-refractivity contribution in [2.24, 2.45) is 5.41 Å². The van der Waals surface area contributed by atoms with Crippen LogP contribution in [0.3, 0.4) is 0 Å². The van der Waals surface area contributed by atoms with Crippen molar-refractivity contribution in [1.29, 1.82) is 0 Å². The molecule has 3 nitrogen and oxygen atoms in total. The summed E-state index contributed by atoms with van der Waals surface area (Å²) in [5.41, 5.74) is 1.94. The van der Waals surface area contributed by atoms with Crippen LogP contribution in [0.15, 0.2) is 24.3 Å². The van der Waals surface area contributed by atoms with Crippen LogP contribution in [-0.2, 0) is 0 Å². The molecule has 2 aliphatic rings. The van der Waals surface area contributed by atoms with Gasteiger partial charge in [0.05, 0.1) is 7.11 Å². The number of methoxy groups -OCH3 is 1. The van der Waals surface area contributed by atoms with E-state index in [2.05, 4.69) is 35.3 Å². The predicted molar refractivity (Wildman–Crippen MR) is 87.0 cm³/mol. The van der Waals surface area contributed by atoms with E-state index in [0.29, 0.717) is 11.3 Å². The first kappa shape index (κ1) is 14.9. The molecule has 2 saturated heterocycles. The maximum absolute atomic E-state index is 5.35. The molecular formula is C18H28N2O. The molecule has 3 heteroatoms. The first-order chi connectivity index (χ1) is 10.2. The van der Waals surface area contributed by atoms with Crippen molar-refractivity contribution in [3.8, 4) is 5.75 Å². The van der Waals surface area contributed by atoms with Crippen molar-refractivity contribution in [2.45, 2.75) is 32.1 Å². The summed E-state index contributed by atoms with van der Waals surface area (Å²) in [6.07, 6.45) is 3.87. The lowest BCUT2D eigenvalue weighted by Gasteiger charge is -2.37. The zero-order valence-electron chi connectivity index (χ0n) is 13.4. The minimum Gasteiger partial charge on any atom is -0.497 e. The molecule has 116 valence electrons. The van der Waals surface area contributed by atoms with Crippen LogP contribution in [0.4, 0.5) is 0 Å². The summed E-state index contributed by atoms with van der Waals surface area (Å²) in [4.78, 5) is 2.67. The molecule has 3 rings (SSSR count). The SMILES string of the molecule is COc1cccc(C2CCN(CC3(C)CCNC3)CC2)c1. The van der Waals surface area contributed by atoms with Crippen molar-refractivity contribution >= 4 is 0 Å². The Balaban J connectivity index is 1.54. The first-order valence-corrected chi connectivity index (χ1v) is 8.26. The summed E-state index contributed by atoms with van der Waals surface area (Å²) in [6, 6.07) is 8.62. The van der Waals surface area contributed by atoms with Gasteiger partial charge in [0.15, 0.2) is 0 Å². The van der Waals surface area contributed by atoms with Crippen molar-refractivity contribution < 1.29 is 4.74 Å². The van der Waals surface area contributed by atoms with Gasteiger partial charge in [-0.05, 0) is 67.9 Å². The van der Waals surface area contributed by atoms with Gasteiger partial charge in [-0.2, -0.15) is 0 Å². The maximum atomic E-state index is 5.35. The number of benzene rings is 1. The van der Waals surface area contributed by atoms with Crippen LogP contribution in [0.5, 0.6) is 5.75 Å².